The van der Waals surface area contributed by atoms with Crippen LogP contribution in [0, 0.1) is 0 Å². The summed E-state index contributed by atoms with van der Waals surface area (Å²) >= 11 is 6.10. The summed E-state index contributed by atoms with van der Waals surface area (Å²) in [6.45, 7) is 0. The monoisotopic (exact) mass is 414 g/mol. The molecule has 0 saturated heterocycles. The quantitative estimate of drug-likeness (QED) is 0.586. The van der Waals surface area contributed by atoms with Crippen molar-refractivity contribution < 1.29 is 19.2 Å². The fourth-order valence-corrected chi connectivity index (χ4v) is 4.00. The number of carbonyl (C=O) groups excluding carboxylic acids is 1. The van der Waals surface area contributed by atoms with Crippen molar-refractivity contribution in [3.63, 3.8) is 0 Å². The van der Waals surface area contributed by atoms with Crippen LogP contribution in [0.5, 0.6) is 0 Å². The minimum absolute atomic E-state index is 0.150. The molecule has 0 unspecified atom stereocenters. The zero-order valence-electron chi connectivity index (χ0n) is 15.5. The van der Waals surface area contributed by atoms with E-state index in [0.717, 1.165) is 29.3 Å². The number of halogens is 1. The molecule has 1 heterocycles. The summed E-state index contributed by atoms with van der Waals surface area (Å²) in [5, 5.41) is 17.2. The molecule has 4 rings (SSSR count). The summed E-state index contributed by atoms with van der Waals surface area (Å²) < 4.78 is 5.58. The number of H-pyrrole nitrogens is 1. The fourth-order valence-electron chi connectivity index (χ4n) is 3.77. The Hall–Kier alpha value is -3.06. The zero-order valence-corrected chi connectivity index (χ0v) is 16.3. The number of hydrogen-bond donors (Lipinski definition) is 3. The molecule has 0 atom stereocenters. The van der Waals surface area contributed by atoms with Gasteiger partial charge in [-0.2, -0.15) is 0 Å². The van der Waals surface area contributed by atoms with E-state index in [-0.39, 0.29) is 22.8 Å². The number of carboxylic acid groups (broad SMARTS) is 1. The van der Waals surface area contributed by atoms with Crippen molar-refractivity contribution >= 4 is 45.2 Å². The third kappa shape index (κ3) is 3.65. The van der Waals surface area contributed by atoms with E-state index in [2.05, 4.69) is 10.5 Å². The average Bonchev–Trinajstić information content (AvgIpc) is 3.13. The van der Waals surface area contributed by atoms with Gasteiger partial charge >= 0.3 is 5.97 Å². The molecule has 3 aromatic rings. The molecule has 3 N–H and O–H groups in total. The summed E-state index contributed by atoms with van der Waals surface area (Å²) in [6, 6.07) is 6.64. The van der Waals surface area contributed by atoms with E-state index in [1.165, 1.54) is 6.07 Å². The van der Waals surface area contributed by atoms with Crippen molar-refractivity contribution in [3.05, 3.63) is 56.5 Å². The molecule has 0 radical (unpaired) electrons. The van der Waals surface area contributed by atoms with Crippen LogP contribution in [0.1, 0.15) is 37.8 Å². The van der Waals surface area contributed by atoms with Gasteiger partial charge in [-0.1, -0.05) is 17.7 Å². The maximum Gasteiger partial charge on any atom is 0.333 e. The SMILES string of the molecule is O=C(CCc1[nH]oc2c1ccc1c(Cl)c(=O)ccc12)NC1=C(C(=O)O)CCCC1. The van der Waals surface area contributed by atoms with Crippen molar-refractivity contribution in [1.29, 1.82) is 0 Å². The summed E-state index contributed by atoms with van der Waals surface area (Å²) in [4.78, 5) is 35.4. The molecule has 7 nitrogen and oxygen atoms in total. The zero-order chi connectivity index (χ0) is 20.5. The van der Waals surface area contributed by atoms with E-state index in [1.807, 2.05) is 6.07 Å². The highest BCUT2D eigenvalue weighted by molar-refractivity contribution is 6.36. The minimum Gasteiger partial charge on any atom is -0.478 e. The van der Waals surface area contributed by atoms with Gasteiger partial charge in [-0.05, 0) is 50.3 Å². The number of rotatable bonds is 5. The Morgan fingerprint density at radius 3 is 2.62 bits per heavy atom. The fraction of sp³-hybridized carbons (Fsp3) is 0.286. The molecule has 1 aliphatic carbocycles. The Kier molecular flexibility index (Phi) is 5.15. The van der Waals surface area contributed by atoms with Gasteiger partial charge in [0, 0.05) is 28.3 Å². The van der Waals surface area contributed by atoms with E-state index in [0.29, 0.717) is 41.5 Å². The number of fused-ring (bicyclic) bond motifs is 3. The van der Waals surface area contributed by atoms with Crippen LogP contribution in [0.3, 0.4) is 0 Å². The lowest BCUT2D eigenvalue weighted by Crippen LogP contribution is -2.27. The molecular weight excluding hydrogens is 396 g/mol. The topological polar surface area (TPSA) is 112 Å². The maximum atomic E-state index is 12.4. The number of benzene rings is 2. The lowest BCUT2D eigenvalue weighted by molar-refractivity contribution is -0.133. The van der Waals surface area contributed by atoms with Crippen LogP contribution in [-0.4, -0.2) is 22.1 Å². The molecule has 0 fully saturated rings. The molecule has 0 bridgehead atoms. The van der Waals surface area contributed by atoms with Gasteiger partial charge < -0.3 is 14.9 Å². The molecule has 1 aromatic heterocycles. The second kappa shape index (κ2) is 7.75. The third-order valence-electron chi connectivity index (χ3n) is 5.27. The number of aryl methyl sites for hydroxylation is 1. The van der Waals surface area contributed by atoms with Gasteiger partial charge in [0.05, 0.1) is 16.3 Å². The molecule has 0 spiro atoms. The Morgan fingerprint density at radius 1 is 1.10 bits per heavy atom. The van der Waals surface area contributed by atoms with Crippen LogP contribution in [0.25, 0.3) is 21.7 Å². The highest BCUT2D eigenvalue weighted by Gasteiger charge is 2.20. The summed E-state index contributed by atoms with van der Waals surface area (Å²) in [5.74, 6) is -1.20. The van der Waals surface area contributed by atoms with E-state index in [4.69, 9.17) is 16.1 Å². The first-order chi connectivity index (χ1) is 14.0. The molecule has 0 aliphatic heterocycles. The Labute approximate surface area is 170 Å². The minimum atomic E-state index is -0.971. The van der Waals surface area contributed by atoms with Crippen LogP contribution in [0.2, 0.25) is 5.02 Å². The first kappa shape index (κ1) is 19.3. The normalized spacial score (nSPS) is 14.5. The average molecular weight is 415 g/mol. The number of amides is 1. The smallest absolute Gasteiger partial charge is 0.333 e. The largest absolute Gasteiger partial charge is 0.478 e. The predicted octanol–water partition coefficient (Wildman–Crippen LogP) is 3.89. The number of carbonyl (C=O) groups is 2. The lowest BCUT2D eigenvalue weighted by Gasteiger charge is -2.18. The van der Waals surface area contributed by atoms with Gasteiger partial charge in [0.25, 0.3) is 0 Å². The molecule has 29 heavy (non-hydrogen) atoms. The first-order valence-electron chi connectivity index (χ1n) is 9.42. The first-order valence-corrected chi connectivity index (χ1v) is 9.80. The highest BCUT2D eigenvalue weighted by Crippen LogP contribution is 2.30. The van der Waals surface area contributed by atoms with E-state index >= 15 is 0 Å². The molecular formula is C21H19ClN2O5. The highest BCUT2D eigenvalue weighted by atomic mass is 35.5. The number of aromatic amines is 1. The molecule has 1 amide bonds. The Morgan fingerprint density at radius 2 is 1.83 bits per heavy atom. The standard InChI is InChI=1S/C21H19ClN2O5/c22-19-11-5-6-13-16(24-29-20(13)12(11)7-9-17(19)25)8-10-18(26)23-15-4-2-1-3-14(15)21(27)28/h5-7,9,24H,1-4,8,10H2,(H,23,26)(H,27,28). The van der Waals surface area contributed by atoms with Gasteiger partial charge in [0.15, 0.2) is 11.0 Å². The maximum absolute atomic E-state index is 12.4. The molecule has 2 aromatic carbocycles. The van der Waals surface area contributed by atoms with Crippen molar-refractivity contribution in [3.8, 4) is 0 Å². The third-order valence-corrected chi connectivity index (χ3v) is 5.66. The van der Waals surface area contributed by atoms with E-state index < -0.39 is 5.97 Å². The number of hydrogen-bond acceptors (Lipinski definition) is 4. The van der Waals surface area contributed by atoms with Crippen LogP contribution < -0.4 is 10.7 Å². The van der Waals surface area contributed by atoms with Crippen LogP contribution in [-0.2, 0) is 16.0 Å². The van der Waals surface area contributed by atoms with Gasteiger partial charge in [0.2, 0.25) is 5.91 Å². The molecule has 8 heteroatoms. The van der Waals surface area contributed by atoms with Crippen LogP contribution in [0.15, 0.2) is 44.9 Å². The van der Waals surface area contributed by atoms with Crippen LogP contribution >= 0.6 is 11.6 Å². The summed E-state index contributed by atoms with van der Waals surface area (Å²) in [6.07, 6.45) is 3.32. The Balaban J connectivity index is 1.54. The number of carboxylic acids is 1. The van der Waals surface area contributed by atoms with Crippen molar-refractivity contribution in [2.75, 3.05) is 0 Å². The Bertz CT molecular complexity index is 1220. The predicted molar refractivity (Wildman–Crippen MR) is 109 cm³/mol. The van der Waals surface area contributed by atoms with E-state index in [9.17, 15) is 19.5 Å². The number of nitrogens with one attached hydrogen (secondary N) is 2. The van der Waals surface area contributed by atoms with Gasteiger partial charge in [-0.15, -0.1) is 0 Å². The molecule has 150 valence electrons. The molecule has 0 saturated carbocycles. The van der Waals surface area contributed by atoms with Crippen LogP contribution in [0.4, 0.5) is 0 Å². The summed E-state index contributed by atoms with van der Waals surface area (Å²) in [7, 11) is 0. The van der Waals surface area contributed by atoms with Gasteiger partial charge in [0.1, 0.15) is 0 Å². The number of aliphatic carboxylic acids is 1. The second-order valence-corrected chi connectivity index (χ2v) is 7.49. The number of aromatic nitrogens is 1. The van der Waals surface area contributed by atoms with Gasteiger partial charge in [-0.25, -0.2) is 9.95 Å². The lowest BCUT2D eigenvalue weighted by atomic mass is 9.96. The van der Waals surface area contributed by atoms with Gasteiger partial charge in [-0.3, -0.25) is 9.59 Å². The second-order valence-electron chi connectivity index (χ2n) is 7.12. The number of allylic oxidation sites excluding steroid dienone is 1. The summed E-state index contributed by atoms with van der Waals surface area (Å²) in [5.41, 5.74) is 1.89. The van der Waals surface area contributed by atoms with Crippen molar-refractivity contribution in [2.24, 2.45) is 0 Å². The van der Waals surface area contributed by atoms with E-state index in [1.54, 1.807) is 12.1 Å². The van der Waals surface area contributed by atoms with Crippen molar-refractivity contribution in [2.45, 2.75) is 38.5 Å². The molecule has 1 aliphatic rings. The van der Waals surface area contributed by atoms with Crippen molar-refractivity contribution in [1.82, 2.24) is 10.5 Å².